The molecule has 2 aromatic carbocycles. The van der Waals surface area contributed by atoms with Crippen molar-refractivity contribution in [1.82, 2.24) is 0 Å². The largest absolute Gasteiger partial charge is 0.496 e. The molecule has 1 unspecified atom stereocenters. The van der Waals surface area contributed by atoms with Crippen molar-refractivity contribution in [2.24, 2.45) is 0 Å². The van der Waals surface area contributed by atoms with Crippen LogP contribution in [-0.4, -0.2) is 33.0 Å². The van der Waals surface area contributed by atoms with Gasteiger partial charge in [0.25, 0.3) is 0 Å². The molecule has 2 aromatic rings. The van der Waals surface area contributed by atoms with Gasteiger partial charge in [-0.15, -0.1) is 0 Å². The van der Waals surface area contributed by atoms with Crippen LogP contribution in [0.15, 0.2) is 30.3 Å². The highest BCUT2D eigenvalue weighted by molar-refractivity contribution is 7.66. The van der Waals surface area contributed by atoms with Crippen molar-refractivity contribution >= 4 is 19.4 Å². The van der Waals surface area contributed by atoms with E-state index >= 15 is 0 Å². The summed E-state index contributed by atoms with van der Waals surface area (Å²) in [5.41, 5.74) is 1.39. The van der Waals surface area contributed by atoms with E-state index in [0.717, 1.165) is 16.6 Å². The van der Waals surface area contributed by atoms with Crippen molar-refractivity contribution in [1.29, 1.82) is 0 Å². The summed E-state index contributed by atoms with van der Waals surface area (Å²) in [7, 11) is 4.56. The van der Waals surface area contributed by atoms with E-state index in [9.17, 15) is 4.79 Å². The third-order valence-corrected chi connectivity index (χ3v) is 5.07. The molecule has 5 nitrogen and oxygen atoms in total. The molecule has 0 aliphatic carbocycles. The Kier molecular flexibility index (Phi) is 6.87. The molecular weight excluding hydrogens is 351 g/mol. The maximum atomic E-state index is 13.0. The molecule has 0 aromatic heterocycles. The predicted molar refractivity (Wildman–Crippen MR) is 105 cm³/mol. The van der Waals surface area contributed by atoms with Gasteiger partial charge in [-0.2, -0.15) is 0 Å². The van der Waals surface area contributed by atoms with E-state index < -0.39 is 0 Å². The van der Waals surface area contributed by atoms with Crippen LogP contribution in [0, 0.1) is 6.92 Å². The van der Waals surface area contributed by atoms with Crippen molar-refractivity contribution in [3.63, 3.8) is 0 Å². The van der Waals surface area contributed by atoms with Gasteiger partial charge >= 0.3 is 0 Å². The zero-order chi connectivity index (χ0) is 19.3. The van der Waals surface area contributed by atoms with Crippen LogP contribution in [0.4, 0.5) is 0 Å². The zero-order valence-electron chi connectivity index (χ0n) is 16.0. The summed E-state index contributed by atoms with van der Waals surface area (Å²) in [5, 5.41) is 0.964. The molecule has 6 heteroatoms. The number of hydrogen-bond donors (Lipinski definition) is 0. The van der Waals surface area contributed by atoms with Gasteiger partial charge in [-0.3, -0.25) is 4.79 Å². The van der Waals surface area contributed by atoms with Gasteiger partial charge in [-0.25, -0.2) is 0 Å². The van der Waals surface area contributed by atoms with Crippen molar-refractivity contribution < 1.29 is 23.7 Å². The van der Waals surface area contributed by atoms with Crippen molar-refractivity contribution in [2.75, 3.05) is 21.3 Å². The van der Waals surface area contributed by atoms with Crippen LogP contribution >= 0.6 is 8.58 Å². The summed E-state index contributed by atoms with van der Waals surface area (Å²) in [4.78, 5) is 13.0. The van der Waals surface area contributed by atoms with Crippen LogP contribution in [0.25, 0.3) is 0 Å². The quantitative estimate of drug-likeness (QED) is 0.653. The fourth-order valence-corrected chi connectivity index (χ4v) is 3.59. The maximum Gasteiger partial charge on any atom is 0.193 e. The number of hydrogen-bond acceptors (Lipinski definition) is 5. The molecule has 0 heterocycles. The van der Waals surface area contributed by atoms with Crippen LogP contribution in [-0.2, 0) is 0 Å². The van der Waals surface area contributed by atoms with Gasteiger partial charge in [0, 0.05) is 12.1 Å². The molecule has 0 fully saturated rings. The van der Waals surface area contributed by atoms with Gasteiger partial charge < -0.3 is 18.9 Å². The Balaban J connectivity index is 2.33. The first-order valence-corrected chi connectivity index (χ1v) is 9.28. The zero-order valence-corrected chi connectivity index (χ0v) is 17.0. The lowest BCUT2D eigenvalue weighted by atomic mass is 10.2. The van der Waals surface area contributed by atoms with Crippen molar-refractivity contribution in [2.45, 2.75) is 26.9 Å². The Morgan fingerprint density at radius 2 is 1.54 bits per heavy atom. The average molecular weight is 376 g/mol. The first-order chi connectivity index (χ1) is 12.4. The number of rotatable bonds is 8. The van der Waals surface area contributed by atoms with Gasteiger partial charge in [0.05, 0.1) is 27.4 Å². The fourth-order valence-electron chi connectivity index (χ4n) is 2.54. The molecule has 0 radical (unpaired) electrons. The number of carbonyl (C=O) groups is 1. The van der Waals surface area contributed by atoms with Gasteiger partial charge in [-0.1, -0.05) is 6.07 Å². The third kappa shape index (κ3) is 4.67. The predicted octanol–water partition coefficient (Wildman–Crippen LogP) is 3.95. The lowest BCUT2D eigenvalue weighted by molar-refractivity contribution is 0.108. The first-order valence-electron chi connectivity index (χ1n) is 8.28. The number of methoxy groups -OCH3 is 3. The molecule has 0 aliphatic heterocycles. The van der Waals surface area contributed by atoms with Crippen LogP contribution in [0.1, 0.15) is 29.8 Å². The molecular formula is C20H25O5P. The van der Waals surface area contributed by atoms with Crippen LogP contribution in [0.5, 0.6) is 23.0 Å². The van der Waals surface area contributed by atoms with Crippen molar-refractivity contribution in [3.8, 4) is 23.0 Å². The second kappa shape index (κ2) is 8.91. The summed E-state index contributed by atoms with van der Waals surface area (Å²) < 4.78 is 21.7. The molecule has 26 heavy (non-hydrogen) atoms. The van der Waals surface area contributed by atoms with Crippen molar-refractivity contribution in [3.05, 3.63) is 41.5 Å². The number of aryl methyl sites for hydroxylation is 1. The molecule has 1 atom stereocenters. The van der Waals surface area contributed by atoms with Crippen LogP contribution < -0.4 is 24.3 Å². The maximum absolute atomic E-state index is 13.0. The summed E-state index contributed by atoms with van der Waals surface area (Å²) in [6, 6.07) is 9.16. The SMILES string of the molecule is COc1cc(OC)c(C(=O)Pc2ccc(OC(C)C)cc2C)c(OC)c1. The smallest absolute Gasteiger partial charge is 0.193 e. The summed E-state index contributed by atoms with van der Waals surface area (Å²) in [6.07, 6.45) is 0.108. The lowest BCUT2D eigenvalue weighted by Gasteiger charge is -2.15. The second-order valence-electron chi connectivity index (χ2n) is 6.00. The van der Waals surface area contributed by atoms with Crippen LogP contribution in [0.3, 0.4) is 0 Å². The van der Waals surface area contributed by atoms with Gasteiger partial charge in [0.15, 0.2) is 5.52 Å². The lowest BCUT2D eigenvalue weighted by Crippen LogP contribution is -2.10. The van der Waals surface area contributed by atoms with Crippen LogP contribution in [0.2, 0.25) is 0 Å². The molecule has 0 saturated carbocycles. The highest BCUT2D eigenvalue weighted by Crippen LogP contribution is 2.38. The topological polar surface area (TPSA) is 54.0 Å². The Morgan fingerprint density at radius 3 is 2.00 bits per heavy atom. The minimum atomic E-state index is -0.0537. The highest BCUT2D eigenvalue weighted by Gasteiger charge is 2.21. The van der Waals surface area contributed by atoms with E-state index in [1.54, 1.807) is 19.2 Å². The monoisotopic (exact) mass is 376 g/mol. The molecule has 140 valence electrons. The standard InChI is InChI=1S/C20H25O5P/c1-12(2)25-14-7-8-18(13(3)9-14)26-20(21)19-16(23-5)10-15(22-4)11-17(19)24-6/h7-12,26H,1-6H3. The van der Waals surface area contributed by atoms with Gasteiger partial charge in [0.2, 0.25) is 0 Å². The molecule has 0 spiro atoms. The highest BCUT2D eigenvalue weighted by atomic mass is 31.1. The Morgan fingerprint density at radius 1 is 0.923 bits per heavy atom. The first kappa shape index (κ1) is 20.1. The third-order valence-electron chi connectivity index (χ3n) is 3.76. The Bertz CT molecular complexity index is 761. The van der Waals surface area contributed by atoms with E-state index in [-0.39, 0.29) is 20.2 Å². The minimum absolute atomic E-state index is 0.0522. The second-order valence-corrected chi connectivity index (χ2v) is 7.25. The molecule has 0 aliphatic rings. The van der Waals surface area contributed by atoms with Gasteiger partial charge in [0.1, 0.15) is 28.6 Å². The van der Waals surface area contributed by atoms with Gasteiger partial charge in [-0.05, 0) is 52.4 Å². The van der Waals surface area contributed by atoms with E-state index in [1.165, 1.54) is 14.2 Å². The summed E-state index contributed by atoms with van der Waals surface area (Å²) in [5.74, 6) is 2.26. The normalized spacial score (nSPS) is 11.0. The number of benzene rings is 2. The molecule has 0 amide bonds. The molecule has 2 rings (SSSR count). The van der Waals surface area contributed by atoms with E-state index in [4.69, 9.17) is 18.9 Å². The summed E-state index contributed by atoms with van der Waals surface area (Å²) in [6.45, 7) is 5.94. The van der Waals surface area contributed by atoms with E-state index in [1.807, 2.05) is 39.0 Å². The average Bonchev–Trinajstić information content (AvgIpc) is 2.62. The molecule has 0 saturated heterocycles. The molecule has 0 N–H and O–H groups in total. The Hall–Kier alpha value is -2.26. The Labute approximate surface area is 156 Å². The number of carbonyl (C=O) groups excluding carboxylic acids is 1. The minimum Gasteiger partial charge on any atom is -0.496 e. The van der Waals surface area contributed by atoms with E-state index in [0.29, 0.717) is 22.8 Å². The van der Waals surface area contributed by atoms with E-state index in [2.05, 4.69) is 0 Å². The number of ether oxygens (including phenoxy) is 4. The fraction of sp³-hybridized carbons (Fsp3) is 0.350. The summed E-state index contributed by atoms with van der Waals surface area (Å²) >= 11 is 0. The molecule has 0 bridgehead atoms.